The van der Waals surface area contributed by atoms with E-state index in [0.717, 1.165) is 11.3 Å². The number of rotatable bonds is 5. The number of aliphatic hydroxyl groups excluding tert-OH is 2. The Kier molecular flexibility index (Phi) is 5.11. The van der Waals surface area contributed by atoms with Crippen LogP contribution in [0.1, 0.15) is 33.9 Å². The molecular weight excluding hydrogens is 322 g/mol. The van der Waals surface area contributed by atoms with Crippen LogP contribution < -0.4 is 4.74 Å². The van der Waals surface area contributed by atoms with E-state index in [2.05, 4.69) is 0 Å². The fraction of sp³-hybridized carbons (Fsp3) is 0.421. The van der Waals surface area contributed by atoms with Gasteiger partial charge in [-0.05, 0) is 44.0 Å². The molecule has 2 N–H and O–H groups in total. The SMILES string of the molecule is Cc1ccc(OCc2ccc(C(=O)N3C[C@@H](O)C[C@@H]3CO)o2)c(C)c1. The molecule has 2 aromatic rings. The molecule has 1 aromatic carbocycles. The number of furan rings is 1. The lowest BCUT2D eigenvalue weighted by Gasteiger charge is -2.21. The van der Waals surface area contributed by atoms with Gasteiger partial charge >= 0.3 is 0 Å². The van der Waals surface area contributed by atoms with Crippen molar-refractivity contribution in [3.8, 4) is 5.75 Å². The van der Waals surface area contributed by atoms with E-state index in [1.54, 1.807) is 12.1 Å². The van der Waals surface area contributed by atoms with E-state index in [1.165, 1.54) is 10.5 Å². The van der Waals surface area contributed by atoms with Crippen molar-refractivity contribution in [3.05, 3.63) is 53.0 Å². The smallest absolute Gasteiger partial charge is 0.289 e. The van der Waals surface area contributed by atoms with E-state index in [0.29, 0.717) is 12.2 Å². The Hall–Kier alpha value is -2.31. The van der Waals surface area contributed by atoms with Crippen LogP contribution in [0.15, 0.2) is 34.7 Å². The van der Waals surface area contributed by atoms with Crippen molar-refractivity contribution in [1.82, 2.24) is 4.90 Å². The maximum atomic E-state index is 12.5. The second kappa shape index (κ2) is 7.29. The molecular formula is C19H23NO5. The molecule has 0 saturated carbocycles. The number of nitrogens with zero attached hydrogens (tertiary/aromatic N) is 1. The number of hydrogen-bond acceptors (Lipinski definition) is 5. The first-order valence-corrected chi connectivity index (χ1v) is 8.36. The van der Waals surface area contributed by atoms with Crippen LogP contribution >= 0.6 is 0 Å². The van der Waals surface area contributed by atoms with E-state index in [-0.39, 0.29) is 37.5 Å². The van der Waals surface area contributed by atoms with Gasteiger partial charge in [0.15, 0.2) is 5.76 Å². The molecule has 0 spiro atoms. The molecule has 0 bridgehead atoms. The molecule has 0 aliphatic carbocycles. The van der Waals surface area contributed by atoms with E-state index >= 15 is 0 Å². The van der Waals surface area contributed by atoms with Crippen molar-refractivity contribution in [3.63, 3.8) is 0 Å². The number of β-amino-alcohol motifs (C(OH)–C–C–N with tert-alkyl or cyclic N) is 1. The van der Waals surface area contributed by atoms with E-state index in [4.69, 9.17) is 9.15 Å². The molecule has 1 aromatic heterocycles. The Balaban J connectivity index is 1.65. The van der Waals surface area contributed by atoms with Gasteiger partial charge in [-0.1, -0.05) is 17.7 Å². The molecule has 6 nitrogen and oxygen atoms in total. The third-order valence-corrected chi connectivity index (χ3v) is 4.44. The highest BCUT2D eigenvalue weighted by Gasteiger charge is 2.35. The summed E-state index contributed by atoms with van der Waals surface area (Å²) < 4.78 is 11.3. The highest BCUT2D eigenvalue weighted by atomic mass is 16.5. The van der Waals surface area contributed by atoms with Gasteiger partial charge in [0.2, 0.25) is 0 Å². The van der Waals surface area contributed by atoms with Gasteiger partial charge in [-0.15, -0.1) is 0 Å². The lowest BCUT2D eigenvalue weighted by atomic mass is 10.1. The molecule has 134 valence electrons. The predicted octanol–water partition coefficient (Wildman–Crippen LogP) is 2.04. The summed E-state index contributed by atoms with van der Waals surface area (Å²) >= 11 is 0. The molecule has 0 unspecified atom stereocenters. The maximum absolute atomic E-state index is 12.5. The van der Waals surface area contributed by atoms with Crippen LogP contribution in [0.2, 0.25) is 0 Å². The Morgan fingerprint density at radius 3 is 2.84 bits per heavy atom. The summed E-state index contributed by atoms with van der Waals surface area (Å²) in [6.45, 7) is 4.26. The van der Waals surface area contributed by atoms with Crippen LogP contribution in [0.3, 0.4) is 0 Å². The van der Waals surface area contributed by atoms with Gasteiger partial charge in [0.05, 0.1) is 18.8 Å². The fourth-order valence-electron chi connectivity index (χ4n) is 3.14. The number of carbonyl (C=O) groups excluding carboxylic acids is 1. The molecule has 3 rings (SSSR count). The topological polar surface area (TPSA) is 83.1 Å². The standard InChI is InChI=1S/C19H23NO5/c1-12-3-5-17(13(2)7-12)24-11-16-4-6-18(25-16)19(23)20-9-15(22)8-14(20)10-21/h3-7,14-15,21-22H,8-11H2,1-2H3/t14-,15+/m1/s1. The predicted molar refractivity (Wildman–Crippen MR) is 91.5 cm³/mol. The largest absolute Gasteiger partial charge is 0.485 e. The first-order valence-electron chi connectivity index (χ1n) is 8.36. The van der Waals surface area contributed by atoms with Gasteiger partial charge in [0, 0.05) is 6.54 Å². The first kappa shape index (κ1) is 17.5. The highest BCUT2D eigenvalue weighted by Crippen LogP contribution is 2.23. The number of aliphatic hydroxyl groups is 2. The average molecular weight is 345 g/mol. The zero-order chi connectivity index (χ0) is 18.0. The third-order valence-electron chi connectivity index (χ3n) is 4.44. The van der Waals surface area contributed by atoms with Crippen LogP contribution in [-0.2, 0) is 6.61 Å². The van der Waals surface area contributed by atoms with Crippen molar-refractivity contribution in [2.24, 2.45) is 0 Å². The van der Waals surface area contributed by atoms with Gasteiger partial charge in [0.1, 0.15) is 18.1 Å². The van der Waals surface area contributed by atoms with Crippen molar-refractivity contribution in [1.29, 1.82) is 0 Å². The van der Waals surface area contributed by atoms with Gasteiger partial charge in [-0.2, -0.15) is 0 Å². The first-order chi connectivity index (χ1) is 12.0. The van der Waals surface area contributed by atoms with Crippen molar-refractivity contribution >= 4 is 5.91 Å². The fourth-order valence-corrected chi connectivity index (χ4v) is 3.14. The zero-order valence-electron chi connectivity index (χ0n) is 14.4. The molecule has 1 aliphatic rings. The molecule has 1 amide bonds. The number of hydrogen-bond donors (Lipinski definition) is 2. The van der Waals surface area contributed by atoms with Crippen molar-refractivity contribution < 1.29 is 24.2 Å². The second-order valence-electron chi connectivity index (χ2n) is 6.51. The molecule has 2 heterocycles. The van der Waals surface area contributed by atoms with Gasteiger partial charge < -0.3 is 24.3 Å². The normalized spacial score (nSPS) is 20.1. The summed E-state index contributed by atoms with van der Waals surface area (Å²) in [5.41, 5.74) is 2.21. The average Bonchev–Trinajstić information content (AvgIpc) is 3.19. The molecule has 6 heteroatoms. The summed E-state index contributed by atoms with van der Waals surface area (Å²) in [5, 5.41) is 19.1. The summed E-state index contributed by atoms with van der Waals surface area (Å²) in [6, 6.07) is 8.87. The van der Waals surface area contributed by atoms with Crippen LogP contribution in [0, 0.1) is 13.8 Å². The Labute approximate surface area is 146 Å². The Morgan fingerprint density at radius 2 is 2.12 bits per heavy atom. The number of likely N-dealkylation sites (tertiary alicyclic amines) is 1. The second-order valence-corrected chi connectivity index (χ2v) is 6.51. The van der Waals surface area contributed by atoms with Crippen LogP contribution in [0.25, 0.3) is 0 Å². The molecule has 25 heavy (non-hydrogen) atoms. The maximum Gasteiger partial charge on any atom is 0.289 e. The number of aryl methyl sites for hydroxylation is 2. The quantitative estimate of drug-likeness (QED) is 0.866. The summed E-state index contributed by atoms with van der Waals surface area (Å²) in [6.07, 6.45) is -0.227. The van der Waals surface area contributed by atoms with Crippen LogP contribution in [0.4, 0.5) is 0 Å². The lowest BCUT2D eigenvalue weighted by molar-refractivity contribution is 0.0629. The molecule has 1 fully saturated rings. The summed E-state index contributed by atoms with van der Waals surface area (Å²) in [7, 11) is 0. The third kappa shape index (κ3) is 3.86. The van der Waals surface area contributed by atoms with E-state index < -0.39 is 6.10 Å². The number of benzene rings is 1. The number of ether oxygens (including phenoxy) is 1. The highest BCUT2D eigenvalue weighted by molar-refractivity contribution is 5.92. The zero-order valence-corrected chi connectivity index (χ0v) is 14.4. The minimum atomic E-state index is -0.608. The van der Waals surface area contributed by atoms with E-state index in [9.17, 15) is 15.0 Å². The molecule has 1 saturated heterocycles. The summed E-state index contributed by atoms with van der Waals surface area (Å²) in [5.74, 6) is 1.18. The van der Waals surface area contributed by atoms with Crippen LogP contribution in [0.5, 0.6) is 5.75 Å². The van der Waals surface area contributed by atoms with Gasteiger partial charge in [-0.25, -0.2) is 0 Å². The minimum absolute atomic E-state index is 0.174. The molecule has 1 aliphatic heterocycles. The van der Waals surface area contributed by atoms with Crippen molar-refractivity contribution in [2.45, 2.75) is 39.0 Å². The van der Waals surface area contributed by atoms with Gasteiger partial charge in [0.25, 0.3) is 5.91 Å². The molecule has 2 atom stereocenters. The van der Waals surface area contributed by atoms with E-state index in [1.807, 2.05) is 32.0 Å². The Bertz CT molecular complexity index is 754. The lowest BCUT2D eigenvalue weighted by Crippen LogP contribution is -2.37. The van der Waals surface area contributed by atoms with Crippen LogP contribution in [-0.4, -0.2) is 46.3 Å². The van der Waals surface area contributed by atoms with Gasteiger partial charge in [-0.3, -0.25) is 4.79 Å². The molecule has 0 radical (unpaired) electrons. The number of carbonyl (C=O) groups is 1. The monoisotopic (exact) mass is 345 g/mol. The van der Waals surface area contributed by atoms with Crippen molar-refractivity contribution in [2.75, 3.05) is 13.2 Å². The minimum Gasteiger partial charge on any atom is -0.485 e. The summed E-state index contributed by atoms with van der Waals surface area (Å²) in [4.78, 5) is 14.0. The number of amides is 1. The Morgan fingerprint density at radius 1 is 1.32 bits per heavy atom.